The van der Waals surface area contributed by atoms with Crippen LogP contribution in [0, 0.1) is 6.92 Å². The minimum atomic E-state index is -0.226. The van der Waals surface area contributed by atoms with Crippen molar-refractivity contribution in [3.05, 3.63) is 93.3 Å². The molecule has 0 radical (unpaired) electrons. The molecule has 6 heteroatoms. The summed E-state index contributed by atoms with van der Waals surface area (Å²) in [7, 11) is 0. The van der Waals surface area contributed by atoms with Crippen molar-refractivity contribution in [2.45, 2.75) is 13.5 Å². The van der Waals surface area contributed by atoms with Gasteiger partial charge in [-0.1, -0.05) is 48.5 Å². The van der Waals surface area contributed by atoms with Gasteiger partial charge in [0.1, 0.15) is 4.83 Å². The molecule has 134 valence electrons. The maximum atomic E-state index is 12.9. The van der Waals surface area contributed by atoms with Gasteiger partial charge < -0.3 is 5.32 Å². The number of aromatic nitrogens is 2. The maximum absolute atomic E-state index is 12.9. The van der Waals surface area contributed by atoms with Gasteiger partial charge in [-0.25, -0.2) is 4.98 Å². The number of carbonyl (C=O) groups excluding carboxylic acids is 1. The van der Waals surface area contributed by atoms with Crippen LogP contribution in [0.1, 0.15) is 20.8 Å². The van der Waals surface area contributed by atoms with E-state index in [4.69, 9.17) is 0 Å². The van der Waals surface area contributed by atoms with E-state index in [-0.39, 0.29) is 11.5 Å². The number of hydrogen-bond acceptors (Lipinski definition) is 4. The third kappa shape index (κ3) is 3.39. The minimum Gasteiger partial charge on any atom is -0.321 e. The summed E-state index contributed by atoms with van der Waals surface area (Å²) < 4.78 is 1.58. The average Bonchev–Trinajstić information content (AvgIpc) is 3.03. The molecule has 4 rings (SSSR count). The van der Waals surface area contributed by atoms with Crippen molar-refractivity contribution in [1.82, 2.24) is 9.55 Å². The Morgan fingerprint density at radius 2 is 1.74 bits per heavy atom. The SMILES string of the molecule is Cc1c(C(=O)Nc2ccccc2)sc2ncn(Cc3ccccc3)c(=O)c12. The van der Waals surface area contributed by atoms with Gasteiger partial charge in [-0.15, -0.1) is 11.3 Å². The van der Waals surface area contributed by atoms with Crippen LogP contribution < -0.4 is 10.9 Å². The number of anilines is 1. The van der Waals surface area contributed by atoms with E-state index in [1.807, 2.05) is 60.7 Å². The molecule has 27 heavy (non-hydrogen) atoms. The van der Waals surface area contributed by atoms with Crippen LogP contribution in [0.25, 0.3) is 10.2 Å². The summed E-state index contributed by atoms with van der Waals surface area (Å²) in [5.41, 5.74) is 2.28. The van der Waals surface area contributed by atoms with E-state index in [1.165, 1.54) is 11.3 Å². The fourth-order valence-electron chi connectivity index (χ4n) is 2.98. The topological polar surface area (TPSA) is 64.0 Å². The highest BCUT2D eigenvalue weighted by molar-refractivity contribution is 7.20. The predicted molar refractivity (Wildman–Crippen MR) is 109 cm³/mol. The second kappa shape index (κ2) is 7.17. The zero-order chi connectivity index (χ0) is 18.8. The summed E-state index contributed by atoms with van der Waals surface area (Å²) in [5.74, 6) is -0.226. The van der Waals surface area contributed by atoms with Crippen LogP contribution in [0.15, 0.2) is 71.8 Å². The molecule has 0 spiro atoms. The summed E-state index contributed by atoms with van der Waals surface area (Å²) in [6, 6.07) is 19.0. The number of amides is 1. The molecule has 0 aliphatic rings. The maximum Gasteiger partial charge on any atom is 0.266 e. The van der Waals surface area contributed by atoms with Crippen LogP contribution in [0.3, 0.4) is 0 Å². The minimum absolute atomic E-state index is 0.128. The Morgan fingerprint density at radius 1 is 1.07 bits per heavy atom. The monoisotopic (exact) mass is 375 g/mol. The molecule has 1 N–H and O–H groups in total. The molecule has 0 saturated carbocycles. The van der Waals surface area contributed by atoms with Gasteiger partial charge >= 0.3 is 0 Å². The summed E-state index contributed by atoms with van der Waals surface area (Å²) in [6.07, 6.45) is 1.55. The molecule has 1 amide bonds. The zero-order valence-electron chi connectivity index (χ0n) is 14.7. The fourth-order valence-corrected chi connectivity index (χ4v) is 4.01. The van der Waals surface area contributed by atoms with E-state index in [1.54, 1.807) is 17.8 Å². The Morgan fingerprint density at radius 3 is 2.44 bits per heavy atom. The van der Waals surface area contributed by atoms with Gasteiger partial charge in [-0.2, -0.15) is 0 Å². The molecular weight excluding hydrogens is 358 g/mol. The van der Waals surface area contributed by atoms with Crippen molar-refractivity contribution in [3.63, 3.8) is 0 Å². The standard InChI is InChI=1S/C21H17N3O2S/c1-14-17-20(27-18(14)19(25)23-16-10-6-3-7-11-16)22-13-24(21(17)26)12-15-8-4-2-5-9-15/h2-11,13H,12H2,1H3,(H,23,25). The third-order valence-electron chi connectivity index (χ3n) is 4.35. The molecule has 0 fully saturated rings. The molecule has 4 aromatic rings. The average molecular weight is 375 g/mol. The lowest BCUT2D eigenvalue weighted by atomic mass is 10.2. The van der Waals surface area contributed by atoms with Crippen molar-refractivity contribution in [1.29, 1.82) is 0 Å². The first-order valence-corrected chi connectivity index (χ1v) is 9.34. The van der Waals surface area contributed by atoms with Crippen LogP contribution in [0.4, 0.5) is 5.69 Å². The van der Waals surface area contributed by atoms with E-state index in [0.29, 0.717) is 32.9 Å². The smallest absolute Gasteiger partial charge is 0.266 e. The van der Waals surface area contributed by atoms with Crippen LogP contribution in [-0.2, 0) is 6.54 Å². The van der Waals surface area contributed by atoms with Gasteiger partial charge in [-0.3, -0.25) is 14.2 Å². The lowest BCUT2D eigenvalue weighted by Crippen LogP contribution is -2.21. The van der Waals surface area contributed by atoms with Gasteiger partial charge in [0.15, 0.2) is 0 Å². The first-order chi connectivity index (χ1) is 13.1. The number of rotatable bonds is 4. The number of hydrogen-bond donors (Lipinski definition) is 1. The zero-order valence-corrected chi connectivity index (χ0v) is 15.5. The van der Waals surface area contributed by atoms with Crippen molar-refractivity contribution < 1.29 is 4.79 Å². The Kier molecular flexibility index (Phi) is 4.56. The summed E-state index contributed by atoms with van der Waals surface area (Å²) in [5, 5.41) is 3.38. The lowest BCUT2D eigenvalue weighted by Gasteiger charge is -2.05. The van der Waals surface area contributed by atoms with Gasteiger partial charge in [0.25, 0.3) is 11.5 Å². The molecule has 0 aliphatic carbocycles. The highest BCUT2D eigenvalue weighted by Gasteiger charge is 2.19. The highest BCUT2D eigenvalue weighted by atomic mass is 32.1. The number of carbonyl (C=O) groups is 1. The van der Waals surface area contributed by atoms with E-state index >= 15 is 0 Å². The second-order valence-electron chi connectivity index (χ2n) is 6.22. The Labute approximate surface area is 159 Å². The molecule has 2 aromatic heterocycles. The molecular formula is C21H17N3O2S. The predicted octanol–water partition coefficient (Wildman–Crippen LogP) is 4.07. The third-order valence-corrected chi connectivity index (χ3v) is 5.55. The Hall–Kier alpha value is -3.25. The largest absolute Gasteiger partial charge is 0.321 e. The van der Waals surface area contributed by atoms with Gasteiger partial charge in [0.2, 0.25) is 0 Å². The summed E-state index contributed by atoms with van der Waals surface area (Å²) in [4.78, 5) is 31.1. The number of benzene rings is 2. The Balaban J connectivity index is 1.70. The summed E-state index contributed by atoms with van der Waals surface area (Å²) >= 11 is 1.24. The number of fused-ring (bicyclic) bond motifs is 1. The van der Waals surface area contributed by atoms with Crippen LogP contribution in [0.5, 0.6) is 0 Å². The molecule has 2 heterocycles. The van der Waals surface area contributed by atoms with Crippen molar-refractivity contribution in [3.8, 4) is 0 Å². The molecule has 0 saturated heterocycles. The fraction of sp³-hybridized carbons (Fsp3) is 0.0952. The molecule has 2 aromatic carbocycles. The Bertz CT molecular complexity index is 1160. The van der Waals surface area contributed by atoms with Crippen LogP contribution in [0.2, 0.25) is 0 Å². The van der Waals surface area contributed by atoms with E-state index in [0.717, 1.165) is 5.56 Å². The molecule has 0 unspecified atom stereocenters. The number of para-hydroxylation sites is 1. The van der Waals surface area contributed by atoms with Crippen molar-refractivity contribution in [2.24, 2.45) is 0 Å². The van der Waals surface area contributed by atoms with Crippen LogP contribution >= 0.6 is 11.3 Å². The summed E-state index contributed by atoms with van der Waals surface area (Å²) in [6.45, 7) is 2.25. The molecule has 0 bridgehead atoms. The molecule has 5 nitrogen and oxygen atoms in total. The highest BCUT2D eigenvalue weighted by Crippen LogP contribution is 2.27. The number of nitrogens with one attached hydrogen (secondary N) is 1. The second-order valence-corrected chi connectivity index (χ2v) is 7.22. The number of thiophene rings is 1. The number of aryl methyl sites for hydroxylation is 1. The first kappa shape index (κ1) is 17.2. The normalized spacial score (nSPS) is 10.9. The van der Waals surface area contributed by atoms with E-state index in [9.17, 15) is 9.59 Å². The van der Waals surface area contributed by atoms with Gasteiger partial charge in [0.05, 0.1) is 23.1 Å². The van der Waals surface area contributed by atoms with Gasteiger partial charge in [-0.05, 0) is 30.2 Å². The van der Waals surface area contributed by atoms with Crippen LogP contribution in [-0.4, -0.2) is 15.5 Å². The quantitative estimate of drug-likeness (QED) is 0.585. The molecule has 0 aliphatic heterocycles. The van der Waals surface area contributed by atoms with Crippen molar-refractivity contribution in [2.75, 3.05) is 5.32 Å². The lowest BCUT2D eigenvalue weighted by molar-refractivity contribution is 0.103. The van der Waals surface area contributed by atoms with E-state index < -0.39 is 0 Å². The van der Waals surface area contributed by atoms with Gasteiger partial charge in [0, 0.05) is 5.69 Å². The first-order valence-electron chi connectivity index (χ1n) is 8.52. The van der Waals surface area contributed by atoms with E-state index in [2.05, 4.69) is 10.3 Å². The number of nitrogens with zero attached hydrogens (tertiary/aromatic N) is 2. The molecule has 0 atom stereocenters. The van der Waals surface area contributed by atoms with Crippen molar-refractivity contribution >= 4 is 33.1 Å².